The largest absolute Gasteiger partial charge is 0.348 e. The van der Waals surface area contributed by atoms with Gasteiger partial charge >= 0.3 is 0 Å². The van der Waals surface area contributed by atoms with Crippen LogP contribution in [0.3, 0.4) is 0 Å². The molecule has 1 fully saturated rings. The number of benzene rings is 2. The normalized spacial score (nSPS) is 15.8. The molecule has 1 saturated carbocycles. The second kappa shape index (κ2) is 8.10. The summed E-state index contributed by atoms with van der Waals surface area (Å²) in [4.78, 5) is 25.8. The van der Waals surface area contributed by atoms with Gasteiger partial charge in [-0.15, -0.1) is 0 Å². The Kier molecular flexibility index (Phi) is 5.63. The fourth-order valence-electron chi connectivity index (χ4n) is 2.91. The Morgan fingerprint density at radius 3 is 2.38 bits per heavy atom. The quantitative estimate of drug-likeness (QED) is 0.700. The molecule has 3 N–H and O–H groups in total. The van der Waals surface area contributed by atoms with Gasteiger partial charge < -0.3 is 15.5 Å². The second-order valence-corrected chi connectivity index (χ2v) is 6.70. The maximum atomic E-state index is 13.0. The summed E-state index contributed by atoms with van der Waals surface area (Å²) in [7, 11) is 1.83. The van der Waals surface area contributed by atoms with Crippen LogP contribution in [0.4, 0.5) is 10.1 Å². The molecular formula is C20H23FN3O2+. The van der Waals surface area contributed by atoms with E-state index in [0.29, 0.717) is 5.69 Å². The first-order valence-electron chi connectivity index (χ1n) is 8.76. The SMILES string of the molecule is C[NH+](CC(=O)Nc1ccc(F)cc1)[C@H](C(=O)NC1CC1)c1ccccc1. The van der Waals surface area contributed by atoms with Crippen molar-refractivity contribution in [1.82, 2.24) is 5.32 Å². The number of likely N-dealkylation sites (N-methyl/N-ethyl adjacent to an activating group) is 1. The van der Waals surface area contributed by atoms with Crippen molar-refractivity contribution in [2.24, 2.45) is 0 Å². The van der Waals surface area contributed by atoms with E-state index in [1.54, 1.807) is 0 Å². The van der Waals surface area contributed by atoms with E-state index in [0.717, 1.165) is 23.3 Å². The molecule has 0 aromatic heterocycles. The van der Waals surface area contributed by atoms with Crippen LogP contribution in [0.1, 0.15) is 24.4 Å². The van der Waals surface area contributed by atoms with Crippen molar-refractivity contribution in [1.29, 1.82) is 0 Å². The molecule has 2 amide bonds. The molecule has 2 atom stereocenters. The van der Waals surface area contributed by atoms with Crippen LogP contribution in [0.2, 0.25) is 0 Å². The lowest BCUT2D eigenvalue weighted by molar-refractivity contribution is -0.894. The molecule has 5 nitrogen and oxygen atoms in total. The van der Waals surface area contributed by atoms with Gasteiger partial charge in [-0.3, -0.25) is 9.59 Å². The zero-order chi connectivity index (χ0) is 18.5. The lowest BCUT2D eigenvalue weighted by Gasteiger charge is -2.24. The van der Waals surface area contributed by atoms with Gasteiger partial charge in [0.25, 0.3) is 11.8 Å². The highest BCUT2D eigenvalue weighted by atomic mass is 19.1. The third-order valence-electron chi connectivity index (χ3n) is 4.38. The molecule has 6 heteroatoms. The molecule has 0 saturated heterocycles. The molecule has 136 valence electrons. The molecule has 2 aromatic carbocycles. The van der Waals surface area contributed by atoms with Crippen LogP contribution < -0.4 is 15.5 Å². The number of nitrogens with one attached hydrogen (secondary N) is 3. The van der Waals surface area contributed by atoms with Crippen molar-refractivity contribution in [2.45, 2.75) is 24.9 Å². The van der Waals surface area contributed by atoms with Gasteiger partial charge in [-0.1, -0.05) is 30.3 Å². The van der Waals surface area contributed by atoms with E-state index in [1.807, 2.05) is 37.4 Å². The molecule has 3 rings (SSSR count). The van der Waals surface area contributed by atoms with Gasteiger partial charge in [-0.05, 0) is 37.1 Å². The van der Waals surface area contributed by atoms with Crippen molar-refractivity contribution in [3.63, 3.8) is 0 Å². The Morgan fingerprint density at radius 2 is 1.77 bits per heavy atom. The Labute approximate surface area is 152 Å². The molecular weight excluding hydrogens is 333 g/mol. The van der Waals surface area contributed by atoms with Crippen LogP contribution in [-0.2, 0) is 9.59 Å². The molecule has 0 bridgehead atoms. The summed E-state index contributed by atoms with van der Waals surface area (Å²) in [5.41, 5.74) is 1.40. The molecule has 0 aliphatic heterocycles. The standard InChI is InChI=1S/C20H22FN3O2/c1-24(13-18(25)22-16-9-7-15(21)8-10-16)19(14-5-3-2-4-6-14)20(26)23-17-11-12-17/h2-10,17,19H,11-13H2,1H3,(H,22,25)(H,23,26)/p+1/t19-/m0/s1. The first-order chi connectivity index (χ1) is 12.5. The number of halogens is 1. The molecule has 1 aliphatic rings. The van der Waals surface area contributed by atoms with Crippen LogP contribution in [0, 0.1) is 5.82 Å². The van der Waals surface area contributed by atoms with E-state index >= 15 is 0 Å². The van der Waals surface area contributed by atoms with Gasteiger partial charge in [0.15, 0.2) is 12.6 Å². The fraction of sp³-hybridized carbons (Fsp3) is 0.300. The van der Waals surface area contributed by atoms with E-state index in [2.05, 4.69) is 10.6 Å². The van der Waals surface area contributed by atoms with Crippen LogP contribution in [0.25, 0.3) is 0 Å². The number of carbonyl (C=O) groups is 2. The Bertz CT molecular complexity index is 760. The van der Waals surface area contributed by atoms with Gasteiger partial charge in [-0.2, -0.15) is 0 Å². The molecule has 26 heavy (non-hydrogen) atoms. The second-order valence-electron chi connectivity index (χ2n) is 6.70. The van der Waals surface area contributed by atoms with Gasteiger partial charge in [-0.25, -0.2) is 4.39 Å². The fourth-order valence-corrected chi connectivity index (χ4v) is 2.91. The Morgan fingerprint density at radius 1 is 1.12 bits per heavy atom. The summed E-state index contributed by atoms with van der Waals surface area (Å²) in [6.45, 7) is 0.120. The molecule has 1 unspecified atom stereocenters. The van der Waals surface area contributed by atoms with Crippen molar-refractivity contribution in [2.75, 3.05) is 18.9 Å². The maximum Gasteiger partial charge on any atom is 0.283 e. The van der Waals surface area contributed by atoms with Gasteiger partial charge in [0.05, 0.1) is 7.05 Å². The first-order valence-corrected chi connectivity index (χ1v) is 8.76. The van der Waals surface area contributed by atoms with Crippen LogP contribution in [-0.4, -0.2) is 31.4 Å². The Hall–Kier alpha value is -2.73. The summed E-state index contributed by atoms with van der Waals surface area (Å²) in [5.74, 6) is -0.647. The number of anilines is 1. The van der Waals surface area contributed by atoms with Crippen molar-refractivity contribution < 1.29 is 18.9 Å². The van der Waals surface area contributed by atoms with Crippen molar-refractivity contribution >= 4 is 17.5 Å². The number of rotatable bonds is 7. The summed E-state index contributed by atoms with van der Waals surface area (Å²) in [6.07, 6.45) is 2.02. The van der Waals surface area contributed by atoms with Gasteiger partial charge in [0, 0.05) is 17.3 Å². The smallest absolute Gasteiger partial charge is 0.283 e. The monoisotopic (exact) mass is 356 g/mol. The maximum absolute atomic E-state index is 13.0. The summed E-state index contributed by atoms with van der Waals surface area (Å²) < 4.78 is 13.0. The number of quaternary nitrogens is 1. The molecule has 0 radical (unpaired) electrons. The number of amides is 2. The van der Waals surface area contributed by atoms with E-state index in [-0.39, 0.29) is 30.2 Å². The highest BCUT2D eigenvalue weighted by Crippen LogP contribution is 2.20. The van der Waals surface area contributed by atoms with Crippen molar-refractivity contribution in [3.8, 4) is 0 Å². The summed E-state index contributed by atoms with van der Waals surface area (Å²) in [5, 5.41) is 5.77. The summed E-state index contributed by atoms with van der Waals surface area (Å²) in [6, 6.07) is 14.9. The molecule has 0 heterocycles. The lowest BCUT2D eigenvalue weighted by Crippen LogP contribution is -3.11. The Balaban J connectivity index is 1.67. The van der Waals surface area contributed by atoms with E-state index < -0.39 is 6.04 Å². The van der Waals surface area contributed by atoms with E-state index in [1.165, 1.54) is 24.3 Å². The zero-order valence-electron chi connectivity index (χ0n) is 14.7. The van der Waals surface area contributed by atoms with Gasteiger partial charge in [0.2, 0.25) is 0 Å². The molecule has 2 aromatic rings. The number of hydrogen-bond donors (Lipinski definition) is 3. The predicted molar refractivity (Wildman–Crippen MR) is 97.1 cm³/mol. The number of hydrogen-bond acceptors (Lipinski definition) is 2. The van der Waals surface area contributed by atoms with Crippen LogP contribution in [0.5, 0.6) is 0 Å². The van der Waals surface area contributed by atoms with Gasteiger partial charge in [0.1, 0.15) is 5.82 Å². The minimum atomic E-state index is -0.462. The average molecular weight is 356 g/mol. The van der Waals surface area contributed by atoms with E-state index in [9.17, 15) is 14.0 Å². The zero-order valence-corrected chi connectivity index (χ0v) is 14.7. The highest BCUT2D eigenvalue weighted by Gasteiger charge is 2.34. The third-order valence-corrected chi connectivity index (χ3v) is 4.38. The minimum Gasteiger partial charge on any atom is -0.348 e. The first kappa shape index (κ1) is 18.1. The minimum absolute atomic E-state index is 0.0641. The van der Waals surface area contributed by atoms with Crippen molar-refractivity contribution in [3.05, 3.63) is 66.0 Å². The van der Waals surface area contributed by atoms with Crippen LogP contribution >= 0.6 is 0 Å². The number of carbonyl (C=O) groups excluding carboxylic acids is 2. The lowest BCUT2D eigenvalue weighted by atomic mass is 10.0. The average Bonchev–Trinajstić information content (AvgIpc) is 3.42. The van der Waals surface area contributed by atoms with E-state index in [4.69, 9.17) is 0 Å². The third kappa shape index (κ3) is 4.89. The van der Waals surface area contributed by atoms with Crippen LogP contribution in [0.15, 0.2) is 54.6 Å². The topological polar surface area (TPSA) is 62.6 Å². The predicted octanol–water partition coefficient (Wildman–Crippen LogP) is 1.30. The summed E-state index contributed by atoms with van der Waals surface area (Å²) >= 11 is 0. The molecule has 0 spiro atoms. The molecule has 1 aliphatic carbocycles. The highest BCUT2D eigenvalue weighted by molar-refractivity contribution is 5.91.